The van der Waals surface area contributed by atoms with Crippen molar-refractivity contribution in [2.75, 3.05) is 26.2 Å². The number of hydrogen-bond donors (Lipinski definition) is 2. The fourth-order valence-electron chi connectivity index (χ4n) is 4.15. The normalized spacial score (nSPS) is 25.0. The fourth-order valence-corrected chi connectivity index (χ4v) is 4.15. The molecule has 0 saturated carbocycles. The summed E-state index contributed by atoms with van der Waals surface area (Å²) in [6, 6.07) is 11.3. The van der Waals surface area contributed by atoms with Crippen LogP contribution >= 0.6 is 0 Å². The quantitative estimate of drug-likeness (QED) is 0.871. The molecule has 2 aliphatic heterocycles. The summed E-state index contributed by atoms with van der Waals surface area (Å²) in [5.41, 5.74) is 3.03. The van der Waals surface area contributed by atoms with Crippen LogP contribution in [0.3, 0.4) is 0 Å². The van der Waals surface area contributed by atoms with E-state index in [1.165, 1.54) is 19.4 Å². The molecule has 4 rings (SSSR count). The lowest BCUT2D eigenvalue weighted by atomic mass is 10.0. The van der Waals surface area contributed by atoms with E-state index < -0.39 is 0 Å². The van der Waals surface area contributed by atoms with Gasteiger partial charge in [-0.25, -0.2) is 0 Å². The molecule has 2 aromatic rings. The topological polar surface area (TPSA) is 68.3 Å². The first kappa shape index (κ1) is 15.7. The van der Waals surface area contributed by atoms with Gasteiger partial charge in [-0.2, -0.15) is 15.4 Å². The van der Waals surface area contributed by atoms with Gasteiger partial charge in [0, 0.05) is 43.9 Å². The second-order valence-electron chi connectivity index (χ2n) is 6.87. The molecule has 1 aromatic heterocycles. The lowest BCUT2D eigenvalue weighted by molar-refractivity contribution is 0.0327. The predicted molar refractivity (Wildman–Crippen MR) is 92.3 cm³/mol. The van der Waals surface area contributed by atoms with Crippen LogP contribution in [-0.4, -0.2) is 68.6 Å². The maximum atomic E-state index is 9.46. The van der Waals surface area contributed by atoms with Crippen molar-refractivity contribution in [3.8, 4) is 11.3 Å². The maximum Gasteiger partial charge on any atom is 0.117 e. The number of rotatable bonds is 5. The number of hydrogen-bond acceptors (Lipinski definition) is 5. The van der Waals surface area contributed by atoms with E-state index in [1.54, 1.807) is 0 Å². The molecule has 24 heavy (non-hydrogen) atoms. The van der Waals surface area contributed by atoms with Crippen molar-refractivity contribution >= 4 is 0 Å². The van der Waals surface area contributed by atoms with Crippen molar-refractivity contribution in [2.24, 2.45) is 0 Å². The van der Waals surface area contributed by atoms with Crippen molar-refractivity contribution in [3.63, 3.8) is 0 Å². The molecule has 0 bridgehead atoms. The SMILES string of the molecule is OCC[C@H]1CN2CCC[C@H]2CN1Cc1n[nH]nc1-c1ccccc1. The Hall–Kier alpha value is -1.76. The van der Waals surface area contributed by atoms with Crippen LogP contribution in [0.1, 0.15) is 25.0 Å². The fraction of sp³-hybridized carbons (Fsp3) is 0.556. The summed E-state index contributed by atoms with van der Waals surface area (Å²) >= 11 is 0. The number of aromatic amines is 1. The van der Waals surface area contributed by atoms with Crippen molar-refractivity contribution in [1.29, 1.82) is 0 Å². The summed E-state index contributed by atoms with van der Waals surface area (Å²) in [5, 5.41) is 21.0. The van der Waals surface area contributed by atoms with Crippen molar-refractivity contribution < 1.29 is 5.11 Å². The molecule has 2 N–H and O–H groups in total. The van der Waals surface area contributed by atoms with Gasteiger partial charge in [0.25, 0.3) is 0 Å². The van der Waals surface area contributed by atoms with Gasteiger partial charge in [0.1, 0.15) is 11.4 Å². The van der Waals surface area contributed by atoms with Crippen LogP contribution in [0.5, 0.6) is 0 Å². The van der Waals surface area contributed by atoms with Crippen LogP contribution in [0.2, 0.25) is 0 Å². The Morgan fingerprint density at radius 1 is 1.17 bits per heavy atom. The molecule has 3 heterocycles. The Kier molecular flexibility index (Phi) is 4.60. The Labute approximate surface area is 142 Å². The molecule has 2 fully saturated rings. The molecule has 2 aliphatic rings. The first-order valence-corrected chi connectivity index (χ1v) is 8.89. The van der Waals surface area contributed by atoms with Gasteiger partial charge in [0.05, 0.1) is 0 Å². The number of aliphatic hydroxyl groups excluding tert-OH is 1. The predicted octanol–water partition coefficient (Wildman–Crippen LogP) is 1.50. The van der Waals surface area contributed by atoms with Gasteiger partial charge in [-0.05, 0) is 25.8 Å². The molecule has 2 atom stereocenters. The number of fused-ring (bicyclic) bond motifs is 1. The summed E-state index contributed by atoms with van der Waals surface area (Å²) in [6.07, 6.45) is 3.40. The van der Waals surface area contributed by atoms with E-state index in [9.17, 15) is 5.11 Å². The van der Waals surface area contributed by atoms with Gasteiger partial charge in [-0.15, -0.1) is 0 Å². The zero-order valence-corrected chi connectivity index (χ0v) is 13.9. The summed E-state index contributed by atoms with van der Waals surface area (Å²) in [6.45, 7) is 4.36. The second kappa shape index (κ2) is 7.01. The maximum absolute atomic E-state index is 9.46. The molecular formula is C18H25N5O. The zero-order chi connectivity index (χ0) is 16.4. The van der Waals surface area contributed by atoms with Crippen molar-refractivity contribution in [2.45, 2.75) is 37.9 Å². The number of nitrogens with one attached hydrogen (secondary N) is 1. The van der Waals surface area contributed by atoms with Crippen LogP contribution in [-0.2, 0) is 6.54 Å². The molecule has 0 aliphatic carbocycles. The third-order valence-electron chi connectivity index (χ3n) is 5.39. The highest BCUT2D eigenvalue weighted by Crippen LogP contribution is 2.28. The smallest absolute Gasteiger partial charge is 0.117 e. The third kappa shape index (κ3) is 3.09. The molecular weight excluding hydrogens is 302 g/mol. The molecule has 0 spiro atoms. The molecule has 0 unspecified atom stereocenters. The lowest BCUT2D eigenvalue weighted by Crippen LogP contribution is -2.55. The van der Waals surface area contributed by atoms with E-state index >= 15 is 0 Å². The molecule has 6 heteroatoms. The van der Waals surface area contributed by atoms with Crippen LogP contribution in [0.25, 0.3) is 11.3 Å². The summed E-state index contributed by atoms with van der Waals surface area (Å²) in [7, 11) is 0. The summed E-state index contributed by atoms with van der Waals surface area (Å²) in [4.78, 5) is 5.09. The minimum Gasteiger partial charge on any atom is -0.396 e. The average molecular weight is 327 g/mol. The highest BCUT2D eigenvalue weighted by molar-refractivity contribution is 5.60. The minimum atomic E-state index is 0.240. The van der Waals surface area contributed by atoms with Gasteiger partial charge < -0.3 is 5.11 Å². The van der Waals surface area contributed by atoms with E-state index in [-0.39, 0.29) is 6.61 Å². The van der Waals surface area contributed by atoms with E-state index in [0.717, 1.165) is 43.0 Å². The van der Waals surface area contributed by atoms with Crippen LogP contribution in [0.4, 0.5) is 0 Å². The lowest BCUT2D eigenvalue weighted by Gasteiger charge is -2.43. The van der Waals surface area contributed by atoms with Gasteiger partial charge in [0.2, 0.25) is 0 Å². The monoisotopic (exact) mass is 327 g/mol. The zero-order valence-electron chi connectivity index (χ0n) is 13.9. The second-order valence-corrected chi connectivity index (χ2v) is 6.87. The van der Waals surface area contributed by atoms with Gasteiger partial charge in [-0.3, -0.25) is 9.80 Å². The van der Waals surface area contributed by atoms with E-state index in [0.29, 0.717) is 12.1 Å². The number of aliphatic hydroxyl groups is 1. The molecule has 0 amide bonds. The van der Waals surface area contributed by atoms with Crippen molar-refractivity contribution in [3.05, 3.63) is 36.0 Å². The highest BCUT2D eigenvalue weighted by Gasteiger charge is 2.36. The molecule has 0 radical (unpaired) electrons. The van der Waals surface area contributed by atoms with Crippen LogP contribution in [0.15, 0.2) is 30.3 Å². The van der Waals surface area contributed by atoms with E-state index in [4.69, 9.17) is 0 Å². The number of H-pyrrole nitrogens is 1. The standard InChI is InChI=1S/C18H25N5O/c24-10-8-16-11-22-9-4-7-15(22)12-23(16)13-17-18(20-21-19-17)14-5-2-1-3-6-14/h1-3,5-6,15-16,24H,4,7-13H2,(H,19,20,21)/t15-,16-/m0/s1. The van der Waals surface area contributed by atoms with Crippen LogP contribution in [0, 0.1) is 0 Å². The molecule has 128 valence electrons. The number of aromatic nitrogens is 3. The van der Waals surface area contributed by atoms with Gasteiger partial charge in [-0.1, -0.05) is 30.3 Å². The minimum absolute atomic E-state index is 0.240. The highest BCUT2D eigenvalue weighted by atomic mass is 16.3. The first-order chi connectivity index (χ1) is 11.8. The Balaban J connectivity index is 1.54. The Bertz CT molecular complexity index is 658. The molecule has 6 nitrogen and oxygen atoms in total. The number of piperazine rings is 1. The average Bonchev–Trinajstić information content (AvgIpc) is 3.25. The largest absolute Gasteiger partial charge is 0.396 e. The van der Waals surface area contributed by atoms with Gasteiger partial charge >= 0.3 is 0 Å². The first-order valence-electron chi connectivity index (χ1n) is 8.89. The Morgan fingerprint density at radius 3 is 2.88 bits per heavy atom. The Morgan fingerprint density at radius 2 is 2.04 bits per heavy atom. The number of nitrogens with zero attached hydrogens (tertiary/aromatic N) is 4. The third-order valence-corrected chi connectivity index (χ3v) is 5.39. The molecule has 2 saturated heterocycles. The summed E-state index contributed by atoms with van der Waals surface area (Å²) in [5.74, 6) is 0. The van der Waals surface area contributed by atoms with Crippen molar-refractivity contribution in [1.82, 2.24) is 25.2 Å². The molecule has 1 aromatic carbocycles. The summed E-state index contributed by atoms with van der Waals surface area (Å²) < 4.78 is 0. The van der Waals surface area contributed by atoms with Gasteiger partial charge in [0.15, 0.2) is 0 Å². The van der Waals surface area contributed by atoms with E-state index in [1.807, 2.05) is 18.2 Å². The number of benzene rings is 1. The van der Waals surface area contributed by atoms with Crippen LogP contribution < -0.4 is 0 Å². The van der Waals surface area contributed by atoms with E-state index in [2.05, 4.69) is 37.3 Å².